The van der Waals surface area contributed by atoms with Crippen molar-refractivity contribution in [2.75, 3.05) is 13.7 Å². The first-order valence-electron chi connectivity index (χ1n) is 8.98. The van der Waals surface area contributed by atoms with Crippen molar-refractivity contribution in [1.82, 2.24) is 19.7 Å². The summed E-state index contributed by atoms with van der Waals surface area (Å²) in [6.07, 6.45) is 1.38. The molecule has 150 valence electrons. The SMILES string of the molecule is Cc1cc(C)n(-c2ccc(C(=O)OCC(=O)N(C)Cc3cccc(F)c3)cn2)n1. The van der Waals surface area contributed by atoms with Crippen LogP contribution in [-0.4, -0.2) is 45.2 Å². The van der Waals surface area contributed by atoms with Gasteiger partial charge in [-0.1, -0.05) is 12.1 Å². The number of halogens is 1. The third kappa shape index (κ3) is 5.04. The molecule has 0 saturated heterocycles. The van der Waals surface area contributed by atoms with Gasteiger partial charge in [0.25, 0.3) is 5.91 Å². The minimum absolute atomic E-state index is 0.215. The predicted octanol–water partition coefficient (Wildman–Crippen LogP) is 2.84. The van der Waals surface area contributed by atoms with Crippen molar-refractivity contribution in [1.29, 1.82) is 0 Å². The Morgan fingerprint density at radius 3 is 2.59 bits per heavy atom. The van der Waals surface area contributed by atoms with Crippen LogP contribution < -0.4 is 0 Å². The molecular weight excluding hydrogens is 375 g/mol. The number of rotatable bonds is 6. The van der Waals surface area contributed by atoms with Gasteiger partial charge in [0, 0.05) is 25.5 Å². The minimum atomic E-state index is -0.648. The number of benzene rings is 1. The van der Waals surface area contributed by atoms with Crippen LogP contribution in [0.2, 0.25) is 0 Å². The number of hydrogen-bond acceptors (Lipinski definition) is 5. The summed E-state index contributed by atoms with van der Waals surface area (Å²) >= 11 is 0. The van der Waals surface area contributed by atoms with Crippen LogP contribution in [0.25, 0.3) is 5.82 Å². The molecule has 0 aliphatic rings. The fraction of sp³-hybridized carbons (Fsp3) is 0.238. The van der Waals surface area contributed by atoms with Gasteiger partial charge < -0.3 is 9.64 Å². The van der Waals surface area contributed by atoms with Crippen LogP contribution in [0, 0.1) is 19.7 Å². The van der Waals surface area contributed by atoms with E-state index >= 15 is 0 Å². The number of pyridine rings is 1. The second-order valence-corrected chi connectivity index (χ2v) is 6.70. The van der Waals surface area contributed by atoms with E-state index in [0.29, 0.717) is 11.4 Å². The highest BCUT2D eigenvalue weighted by Crippen LogP contribution is 2.11. The van der Waals surface area contributed by atoms with E-state index in [1.807, 2.05) is 19.9 Å². The lowest BCUT2D eigenvalue weighted by atomic mass is 10.2. The Balaban J connectivity index is 1.56. The minimum Gasteiger partial charge on any atom is -0.452 e. The molecule has 1 amide bonds. The van der Waals surface area contributed by atoms with E-state index in [0.717, 1.165) is 11.4 Å². The molecule has 0 aliphatic heterocycles. The van der Waals surface area contributed by atoms with Gasteiger partial charge in [0.05, 0.1) is 11.3 Å². The normalized spacial score (nSPS) is 10.6. The predicted molar refractivity (Wildman–Crippen MR) is 104 cm³/mol. The number of ether oxygens (including phenoxy) is 1. The van der Waals surface area contributed by atoms with Crippen LogP contribution in [0.3, 0.4) is 0 Å². The second kappa shape index (κ2) is 8.64. The molecule has 2 heterocycles. The molecule has 3 rings (SSSR count). The fourth-order valence-electron chi connectivity index (χ4n) is 2.81. The van der Waals surface area contributed by atoms with Gasteiger partial charge in [0.2, 0.25) is 0 Å². The molecule has 29 heavy (non-hydrogen) atoms. The summed E-state index contributed by atoms with van der Waals surface area (Å²) in [4.78, 5) is 30.0. The van der Waals surface area contributed by atoms with E-state index in [2.05, 4.69) is 10.1 Å². The highest BCUT2D eigenvalue weighted by molar-refractivity contribution is 5.91. The molecule has 0 N–H and O–H groups in total. The lowest BCUT2D eigenvalue weighted by Crippen LogP contribution is -2.30. The van der Waals surface area contributed by atoms with Crippen molar-refractivity contribution in [3.63, 3.8) is 0 Å². The Hall–Kier alpha value is -3.55. The van der Waals surface area contributed by atoms with Crippen LogP contribution in [0.5, 0.6) is 0 Å². The van der Waals surface area contributed by atoms with Gasteiger partial charge in [-0.15, -0.1) is 0 Å². The molecule has 0 saturated carbocycles. The lowest BCUT2D eigenvalue weighted by molar-refractivity contribution is -0.133. The van der Waals surface area contributed by atoms with Crippen LogP contribution in [0.1, 0.15) is 27.3 Å². The quantitative estimate of drug-likeness (QED) is 0.599. The first-order valence-corrected chi connectivity index (χ1v) is 8.98. The number of carbonyl (C=O) groups excluding carboxylic acids is 2. The first-order chi connectivity index (χ1) is 13.8. The number of aryl methyl sites for hydroxylation is 2. The molecule has 0 fully saturated rings. The molecule has 3 aromatic rings. The maximum atomic E-state index is 13.2. The summed E-state index contributed by atoms with van der Waals surface area (Å²) in [5.74, 6) is -0.830. The van der Waals surface area contributed by atoms with Crippen LogP contribution in [0.15, 0.2) is 48.7 Å². The van der Waals surface area contributed by atoms with Gasteiger partial charge in [-0.2, -0.15) is 5.10 Å². The highest BCUT2D eigenvalue weighted by Gasteiger charge is 2.15. The molecule has 8 heteroatoms. The van der Waals surface area contributed by atoms with Crippen molar-refractivity contribution >= 4 is 11.9 Å². The molecule has 0 bridgehead atoms. The summed E-state index contributed by atoms with van der Waals surface area (Å²) in [5, 5.41) is 4.34. The van der Waals surface area contributed by atoms with E-state index in [4.69, 9.17) is 4.74 Å². The molecule has 2 aromatic heterocycles. The molecule has 0 radical (unpaired) electrons. The van der Waals surface area contributed by atoms with E-state index in [1.165, 1.54) is 23.2 Å². The summed E-state index contributed by atoms with van der Waals surface area (Å²) in [6.45, 7) is 3.60. The zero-order chi connectivity index (χ0) is 21.0. The standard InChI is InChI=1S/C21H21FN4O3/c1-14-9-15(2)26(24-14)19-8-7-17(11-23-19)21(28)29-13-20(27)25(3)12-16-5-4-6-18(22)10-16/h4-11H,12-13H2,1-3H3. The average molecular weight is 396 g/mol. The van der Waals surface area contributed by atoms with E-state index in [-0.39, 0.29) is 17.9 Å². The Bertz CT molecular complexity index is 1030. The number of hydrogen-bond donors (Lipinski definition) is 0. The van der Waals surface area contributed by atoms with Crippen LogP contribution >= 0.6 is 0 Å². The van der Waals surface area contributed by atoms with Crippen molar-refractivity contribution in [3.8, 4) is 5.82 Å². The Morgan fingerprint density at radius 1 is 1.17 bits per heavy atom. The zero-order valence-corrected chi connectivity index (χ0v) is 16.4. The van der Waals surface area contributed by atoms with Gasteiger partial charge in [-0.3, -0.25) is 4.79 Å². The van der Waals surface area contributed by atoms with Gasteiger partial charge in [-0.05, 0) is 49.7 Å². The number of amides is 1. The van der Waals surface area contributed by atoms with Gasteiger partial charge in [-0.25, -0.2) is 18.9 Å². The summed E-state index contributed by atoms with van der Waals surface area (Å²) < 4.78 is 20.0. The Kier molecular flexibility index (Phi) is 6.01. The topological polar surface area (TPSA) is 77.3 Å². The molecular formula is C21H21FN4O3. The molecule has 0 spiro atoms. The third-order valence-corrected chi connectivity index (χ3v) is 4.27. The largest absolute Gasteiger partial charge is 0.452 e. The monoisotopic (exact) mass is 396 g/mol. The van der Waals surface area contributed by atoms with Crippen LogP contribution in [0.4, 0.5) is 4.39 Å². The second-order valence-electron chi connectivity index (χ2n) is 6.70. The van der Waals surface area contributed by atoms with Gasteiger partial charge in [0.1, 0.15) is 5.82 Å². The zero-order valence-electron chi connectivity index (χ0n) is 16.4. The van der Waals surface area contributed by atoms with Crippen molar-refractivity contribution in [2.45, 2.75) is 20.4 Å². The number of carbonyl (C=O) groups is 2. The smallest absolute Gasteiger partial charge is 0.340 e. The summed E-state index contributed by atoms with van der Waals surface area (Å²) in [7, 11) is 1.56. The van der Waals surface area contributed by atoms with E-state index in [9.17, 15) is 14.0 Å². The maximum Gasteiger partial charge on any atom is 0.340 e. The molecule has 0 unspecified atom stereocenters. The first kappa shape index (κ1) is 20.2. The van der Waals surface area contributed by atoms with Crippen molar-refractivity contribution in [3.05, 3.63) is 77.0 Å². The number of aromatic nitrogens is 3. The Morgan fingerprint density at radius 2 is 1.97 bits per heavy atom. The third-order valence-electron chi connectivity index (χ3n) is 4.27. The van der Waals surface area contributed by atoms with Gasteiger partial charge >= 0.3 is 5.97 Å². The number of esters is 1. The summed E-state index contributed by atoms with van der Waals surface area (Å²) in [5.41, 5.74) is 2.68. The lowest BCUT2D eigenvalue weighted by Gasteiger charge is -2.17. The van der Waals surface area contributed by atoms with Crippen molar-refractivity contribution in [2.24, 2.45) is 0 Å². The Labute approximate surface area is 167 Å². The maximum absolute atomic E-state index is 13.2. The molecule has 1 aromatic carbocycles. The van der Waals surface area contributed by atoms with Gasteiger partial charge in [0.15, 0.2) is 12.4 Å². The van der Waals surface area contributed by atoms with Crippen LogP contribution in [-0.2, 0) is 16.1 Å². The summed E-state index contributed by atoms with van der Waals surface area (Å²) in [6, 6.07) is 11.1. The number of likely N-dealkylation sites (N-methyl/N-ethyl adjacent to an activating group) is 1. The average Bonchev–Trinajstić information content (AvgIpc) is 3.04. The highest BCUT2D eigenvalue weighted by atomic mass is 19.1. The number of nitrogens with zero attached hydrogens (tertiary/aromatic N) is 4. The molecule has 0 aliphatic carbocycles. The fourth-order valence-corrected chi connectivity index (χ4v) is 2.81. The van der Waals surface area contributed by atoms with E-state index in [1.54, 1.807) is 36.0 Å². The molecule has 7 nitrogen and oxygen atoms in total. The van der Waals surface area contributed by atoms with Crippen molar-refractivity contribution < 1.29 is 18.7 Å². The van der Waals surface area contributed by atoms with E-state index < -0.39 is 18.5 Å². The molecule has 0 atom stereocenters.